The van der Waals surface area contributed by atoms with Gasteiger partial charge in [-0.2, -0.15) is 0 Å². The van der Waals surface area contributed by atoms with E-state index in [1.165, 1.54) is 19.2 Å². The average Bonchev–Trinajstić information content (AvgIpc) is 3.19. The van der Waals surface area contributed by atoms with Gasteiger partial charge in [0.05, 0.1) is 6.61 Å². The van der Waals surface area contributed by atoms with E-state index in [4.69, 9.17) is 9.84 Å². The van der Waals surface area contributed by atoms with Gasteiger partial charge in [-0.3, -0.25) is 4.79 Å². The first-order valence-electron chi connectivity index (χ1n) is 6.60. The van der Waals surface area contributed by atoms with Crippen molar-refractivity contribution in [3.8, 4) is 5.88 Å². The van der Waals surface area contributed by atoms with Crippen LogP contribution in [0.2, 0.25) is 0 Å². The Morgan fingerprint density at radius 3 is 2.95 bits per heavy atom. The maximum atomic E-state index is 10.9. The molecule has 1 aromatic rings. The van der Waals surface area contributed by atoms with E-state index in [0.717, 1.165) is 13.0 Å². The molecule has 0 aliphatic heterocycles. The van der Waals surface area contributed by atoms with Crippen molar-refractivity contribution < 1.29 is 14.6 Å². The van der Waals surface area contributed by atoms with Gasteiger partial charge in [-0.25, -0.2) is 9.97 Å². The Morgan fingerprint density at radius 2 is 2.32 bits per heavy atom. The summed E-state index contributed by atoms with van der Waals surface area (Å²) in [5.74, 6) is 0.859. The number of rotatable bonds is 8. The topological polar surface area (TPSA) is 75.5 Å². The first-order chi connectivity index (χ1) is 9.19. The third-order valence-electron chi connectivity index (χ3n) is 2.91. The summed E-state index contributed by atoms with van der Waals surface area (Å²) in [5.41, 5.74) is 0. The lowest BCUT2D eigenvalue weighted by molar-refractivity contribution is -0.135. The quantitative estimate of drug-likeness (QED) is 0.769. The zero-order chi connectivity index (χ0) is 13.7. The number of aromatic nitrogens is 2. The SMILES string of the molecule is CCCOc1cc(N(CC(=O)O)CC2CC2)ncn1. The number of carboxylic acid groups (broad SMARTS) is 1. The molecule has 0 bridgehead atoms. The summed E-state index contributed by atoms with van der Waals surface area (Å²) in [6.45, 7) is 3.31. The van der Waals surface area contributed by atoms with E-state index in [0.29, 0.717) is 24.2 Å². The van der Waals surface area contributed by atoms with Crippen LogP contribution in [0.4, 0.5) is 5.82 Å². The van der Waals surface area contributed by atoms with E-state index in [2.05, 4.69) is 9.97 Å². The largest absolute Gasteiger partial charge is 0.480 e. The van der Waals surface area contributed by atoms with E-state index >= 15 is 0 Å². The van der Waals surface area contributed by atoms with Gasteiger partial charge in [-0.15, -0.1) is 0 Å². The van der Waals surface area contributed by atoms with Gasteiger partial charge >= 0.3 is 5.97 Å². The number of hydrogen-bond donors (Lipinski definition) is 1. The van der Waals surface area contributed by atoms with Crippen molar-refractivity contribution >= 4 is 11.8 Å². The lowest BCUT2D eigenvalue weighted by Crippen LogP contribution is -2.32. The average molecular weight is 265 g/mol. The Morgan fingerprint density at radius 1 is 1.53 bits per heavy atom. The zero-order valence-corrected chi connectivity index (χ0v) is 11.1. The van der Waals surface area contributed by atoms with Crippen LogP contribution in [0.1, 0.15) is 26.2 Å². The van der Waals surface area contributed by atoms with Crippen LogP contribution in [0.3, 0.4) is 0 Å². The van der Waals surface area contributed by atoms with Gasteiger partial charge in [-0.05, 0) is 25.2 Å². The smallest absolute Gasteiger partial charge is 0.323 e. The van der Waals surface area contributed by atoms with Crippen molar-refractivity contribution in [2.45, 2.75) is 26.2 Å². The molecule has 0 unspecified atom stereocenters. The third kappa shape index (κ3) is 4.39. The summed E-state index contributed by atoms with van der Waals surface area (Å²) < 4.78 is 5.45. The van der Waals surface area contributed by atoms with E-state index in [-0.39, 0.29) is 6.54 Å². The molecule has 2 rings (SSSR count). The van der Waals surface area contributed by atoms with Crippen molar-refractivity contribution in [1.82, 2.24) is 9.97 Å². The molecule has 0 saturated heterocycles. The molecule has 1 fully saturated rings. The fraction of sp³-hybridized carbons (Fsp3) is 0.615. The Labute approximate surface area is 112 Å². The summed E-state index contributed by atoms with van der Waals surface area (Å²) in [6.07, 6.45) is 4.66. The Bertz CT molecular complexity index is 435. The Balaban J connectivity index is 2.07. The van der Waals surface area contributed by atoms with Crippen LogP contribution >= 0.6 is 0 Å². The molecule has 0 spiro atoms. The standard InChI is InChI=1S/C13H19N3O3/c1-2-5-19-12-6-11(14-9-15-12)16(8-13(17)18)7-10-3-4-10/h6,9-10H,2-5,7-8H2,1H3,(H,17,18). The van der Waals surface area contributed by atoms with Crippen molar-refractivity contribution in [3.63, 3.8) is 0 Å². The van der Waals surface area contributed by atoms with Crippen LogP contribution in [-0.4, -0.2) is 40.7 Å². The number of hydrogen-bond acceptors (Lipinski definition) is 5. The van der Waals surface area contributed by atoms with Crippen LogP contribution in [0.15, 0.2) is 12.4 Å². The fourth-order valence-corrected chi connectivity index (χ4v) is 1.80. The van der Waals surface area contributed by atoms with Crippen molar-refractivity contribution in [2.24, 2.45) is 5.92 Å². The van der Waals surface area contributed by atoms with Crippen LogP contribution in [-0.2, 0) is 4.79 Å². The first kappa shape index (κ1) is 13.6. The van der Waals surface area contributed by atoms with E-state index in [1.807, 2.05) is 6.92 Å². The molecule has 0 atom stereocenters. The monoisotopic (exact) mass is 265 g/mol. The number of aliphatic carboxylic acids is 1. The summed E-state index contributed by atoms with van der Waals surface area (Å²) >= 11 is 0. The van der Waals surface area contributed by atoms with Gasteiger partial charge in [0.2, 0.25) is 5.88 Å². The molecule has 1 N–H and O–H groups in total. The minimum atomic E-state index is -0.852. The molecule has 0 aromatic carbocycles. The molecule has 1 heterocycles. The molecule has 6 nitrogen and oxygen atoms in total. The minimum absolute atomic E-state index is 0.0409. The first-order valence-corrected chi connectivity index (χ1v) is 6.60. The van der Waals surface area contributed by atoms with Crippen LogP contribution in [0.5, 0.6) is 5.88 Å². The second-order valence-electron chi connectivity index (χ2n) is 4.78. The summed E-state index contributed by atoms with van der Waals surface area (Å²) in [7, 11) is 0. The van der Waals surface area contributed by atoms with Crippen LogP contribution in [0, 0.1) is 5.92 Å². The van der Waals surface area contributed by atoms with Crippen LogP contribution in [0.25, 0.3) is 0 Å². The molecule has 0 radical (unpaired) electrons. The molecule has 19 heavy (non-hydrogen) atoms. The van der Waals surface area contributed by atoms with E-state index in [1.54, 1.807) is 11.0 Å². The summed E-state index contributed by atoms with van der Waals surface area (Å²) in [4.78, 5) is 20.9. The maximum Gasteiger partial charge on any atom is 0.323 e. The third-order valence-corrected chi connectivity index (χ3v) is 2.91. The van der Waals surface area contributed by atoms with Gasteiger partial charge in [-0.1, -0.05) is 6.92 Å². The van der Waals surface area contributed by atoms with Gasteiger partial charge in [0.15, 0.2) is 0 Å². The number of anilines is 1. The molecule has 1 aromatic heterocycles. The van der Waals surface area contributed by atoms with E-state index in [9.17, 15) is 4.79 Å². The molecular formula is C13H19N3O3. The molecule has 0 amide bonds. The second kappa shape index (κ2) is 6.36. The van der Waals surface area contributed by atoms with Gasteiger partial charge < -0.3 is 14.7 Å². The molecule has 6 heteroatoms. The van der Waals surface area contributed by atoms with Crippen molar-refractivity contribution in [1.29, 1.82) is 0 Å². The number of ether oxygens (including phenoxy) is 1. The van der Waals surface area contributed by atoms with E-state index < -0.39 is 5.97 Å². The predicted molar refractivity (Wildman–Crippen MR) is 70.4 cm³/mol. The van der Waals surface area contributed by atoms with Crippen molar-refractivity contribution in [2.75, 3.05) is 24.6 Å². The fourth-order valence-electron chi connectivity index (χ4n) is 1.80. The number of carbonyl (C=O) groups is 1. The molecule has 1 aliphatic carbocycles. The summed E-state index contributed by atoms with van der Waals surface area (Å²) in [5, 5.41) is 8.97. The summed E-state index contributed by atoms with van der Waals surface area (Å²) in [6, 6.07) is 1.71. The molecule has 1 saturated carbocycles. The lowest BCUT2D eigenvalue weighted by atomic mass is 10.3. The zero-order valence-electron chi connectivity index (χ0n) is 11.1. The second-order valence-corrected chi connectivity index (χ2v) is 4.78. The minimum Gasteiger partial charge on any atom is -0.480 e. The van der Waals surface area contributed by atoms with Gasteiger partial charge in [0, 0.05) is 12.6 Å². The van der Waals surface area contributed by atoms with Gasteiger partial charge in [0.25, 0.3) is 0 Å². The normalized spacial score (nSPS) is 14.2. The highest BCUT2D eigenvalue weighted by Gasteiger charge is 2.26. The highest BCUT2D eigenvalue weighted by Crippen LogP contribution is 2.31. The van der Waals surface area contributed by atoms with Crippen molar-refractivity contribution in [3.05, 3.63) is 12.4 Å². The molecular weight excluding hydrogens is 246 g/mol. The maximum absolute atomic E-state index is 10.9. The van der Waals surface area contributed by atoms with Crippen LogP contribution < -0.4 is 9.64 Å². The highest BCUT2D eigenvalue weighted by atomic mass is 16.5. The number of carboxylic acids is 1. The molecule has 104 valence electrons. The van der Waals surface area contributed by atoms with Gasteiger partial charge in [0.1, 0.15) is 18.7 Å². The highest BCUT2D eigenvalue weighted by molar-refractivity contribution is 5.73. The molecule has 1 aliphatic rings. The predicted octanol–water partition coefficient (Wildman–Crippen LogP) is 1.57. The number of nitrogens with zero attached hydrogens (tertiary/aromatic N) is 3. The lowest BCUT2D eigenvalue weighted by Gasteiger charge is -2.21. The Hall–Kier alpha value is -1.85. The Kier molecular flexibility index (Phi) is 4.54.